The van der Waals surface area contributed by atoms with Crippen LogP contribution in [-0.4, -0.2) is 11.6 Å². The van der Waals surface area contributed by atoms with E-state index in [1.807, 2.05) is 12.1 Å². The van der Waals surface area contributed by atoms with Crippen molar-refractivity contribution in [1.29, 1.82) is 0 Å². The number of hydrogen-bond acceptors (Lipinski definition) is 2. The first-order valence-electron chi connectivity index (χ1n) is 6.09. The number of carbonyl (C=O) groups excluding carboxylic acids is 2. The summed E-state index contributed by atoms with van der Waals surface area (Å²) in [4.78, 5) is 24.9. The fraction of sp³-hybridized carbons (Fsp3) is 0.125. The van der Waals surface area contributed by atoms with Crippen molar-refractivity contribution in [2.45, 2.75) is 12.8 Å². The highest BCUT2D eigenvalue weighted by molar-refractivity contribution is 6.30. The van der Waals surface area contributed by atoms with Crippen molar-refractivity contribution in [3.63, 3.8) is 0 Å². The molecule has 0 radical (unpaired) electrons. The molecule has 0 heterocycles. The molecule has 0 amide bonds. The topological polar surface area (TPSA) is 34.1 Å². The van der Waals surface area contributed by atoms with E-state index in [0.717, 1.165) is 17.6 Å². The fourth-order valence-corrected chi connectivity index (χ4v) is 3.06. The number of hydrogen-bond donors (Lipinski definition) is 0. The molecule has 3 aliphatic rings. The van der Waals surface area contributed by atoms with Crippen LogP contribution in [0.4, 0.5) is 0 Å². The highest BCUT2D eigenvalue weighted by Crippen LogP contribution is 2.45. The van der Waals surface area contributed by atoms with Crippen LogP contribution in [0.3, 0.4) is 0 Å². The van der Waals surface area contributed by atoms with Gasteiger partial charge < -0.3 is 0 Å². The monoisotopic (exact) mass is 234 g/mol. The second-order valence-corrected chi connectivity index (χ2v) is 4.82. The normalized spacial score (nSPS) is 20.4. The first-order chi connectivity index (χ1) is 8.77. The second-order valence-electron chi connectivity index (χ2n) is 4.82. The molecule has 0 spiro atoms. The SMILES string of the molecule is O=C1C2=C(C(=O)c3ccccc31)C1=CCC=C1C2. The minimum Gasteiger partial charge on any atom is -0.289 e. The van der Waals surface area contributed by atoms with Crippen molar-refractivity contribution >= 4 is 11.6 Å². The van der Waals surface area contributed by atoms with Gasteiger partial charge in [0, 0.05) is 28.7 Å². The third-order valence-corrected chi connectivity index (χ3v) is 3.89. The van der Waals surface area contributed by atoms with Gasteiger partial charge in [-0.2, -0.15) is 0 Å². The number of fused-ring (bicyclic) bond motifs is 3. The van der Waals surface area contributed by atoms with Gasteiger partial charge in [-0.3, -0.25) is 9.59 Å². The first kappa shape index (κ1) is 9.77. The summed E-state index contributed by atoms with van der Waals surface area (Å²) < 4.78 is 0. The zero-order valence-corrected chi connectivity index (χ0v) is 9.69. The molecule has 0 aliphatic heterocycles. The number of ketones is 2. The third kappa shape index (κ3) is 1.03. The van der Waals surface area contributed by atoms with E-state index in [0.29, 0.717) is 28.7 Å². The summed E-state index contributed by atoms with van der Waals surface area (Å²) in [5.41, 5.74) is 4.60. The molecule has 0 atom stereocenters. The maximum absolute atomic E-state index is 12.5. The molecule has 86 valence electrons. The summed E-state index contributed by atoms with van der Waals surface area (Å²) in [6.07, 6.45) is 5.67. The zero-order valence-electron chi connectivity index (χ0n) is 9.69. The Balaban J connectivity index is 2.00. The van der Waals surface area contributed by atoms with E-state index in [9.17, 15) is 9.59 Å². The number of benzene rings is 1. The maximum atomic E-state index is 12.5. The van der Waals surface area contributed by atoms with Gasteiger partial charge in [0.05, 0.1) is 0 Å². The summed E-state index contributed by atoms with van der Waals surface area (Å²) in [6.45, 7) is 0. The predicted molar refractivity (Wildman–Crippen MR) is 67.5 cm³/mol. The van der Waals surface area contributed by atoms with E-state index in [2.05, 4.69) is 12.2 Å². The van der Waals surface area contributed by atoms with E-state index in [-0.39, 0.29) is 11.6 Å². The highest BCUT2D eigenvalue weighted by atomic mass is 16.1. The van der Waals surface area contributed by atoms with E-state index < -0.39 is 0 Å². The molecule has 0 saturated carbocycles. The van der Waals surface area contributed by atoms with Crippen molar-refractivity contribution in [3.05, 3.63) is 69.8 Å². The summed E-state index contributed by atoms with van der Waals surface area (Å²) in [6, 6.07) is 7.11. The largest absolute Gasteiger partial charge is 0.289 e. The van der Waals surface area contributed by atoms with Crippen LogP contribution in [0.25, 0.3) is 0 Å². The summed E-state index contributed by atoms with van der Waals surface area (Å²) >= 11 is 0. The Morgan fingerprint density at radius 1 is 0.889 bits per heavy atom. The Kier molecular flexibility index (Phi) is 1.72. The third-order valence-electron chi connectivity index (χ3n) is 3.89. The molecule has 2 heteroatoms. The minimum absolute atomic E-state index is 0.0109. The van der Waals surface area contributed by atoms with Crippen molar-refractivity contribution in [3.8, 4) is 0 Å². The quantitative estimate of drug-likeness (QED) is 0.691. The Morgan fingerprint density at radius 3 is 2.39 bits per heavy atom. The molecular formula is C16H10O2. The van der Waals surface area contributed by atoms with Crippen molar-refractivity contribution in [2.24, 2.45) is 0 Å². The van der Waals surface area contributed by atoms with Gasteiger partial charge in [0.2, 0.25) is 0 Å². The Hall–Kier alpha value is -2.22. The van der Waals surface area contributed by atoms with E-state index >= 15 is 0 Å². The Bertz CT molecular complexity index is 714. The van der Waals surface area contributed by atoms with E-state index in [4.69, 9.17) is 0 Å². The summed E-state index contributed by atoms with van der Waals surface area (Å²) in [5, 5.41) is 0. The molecule has 0 unspecified atom stereocenters. The highest BCUT2D eigenvalue weighted by Gasteiger charge is 2.39. The van der Waals surface area contributed by atoms with Crippen molar-refractivity contribution < 1.29 is 9.59 Å². The predicted octanol–water partition coefficient (Wildman–Crippen LogP) is 3.02. The standard InChI is InChI=1S/C16H10O2/c17-15-11-5-1-2-6-12(11)16(18)14-10-7-3-4-9(10)8-13(14)15/h1-2,4-7H,3,8H2. The van der Waals surface area contributed by atoms with Gasteiger partial charge >= 0.3 is 0 Å². The van der Waals surface area contributed by atoms with Crippen LogP contribution in [0.15, 0.2) is 58.7 Å². The lowest BCUT2D eigenvalue weighted by Crippen LogP contribution is -2.19. The molecule has 0 fully saturated rings. The minimum atomic E-state index is 0.0109. The van der Waals surface area contributed by atoms with Crippen LogP contribution in [0, 0.1) is 0 Å². The number of Topliss-reactive ketones (excluding diaryl/α,β-unsaturated/α-hetero) is 2. The van der Waals surface area contributed by atoms with Gasteiger partial charge in [-0.05, 0) is 17.6 Å². The molecule has 2 nitrogen and oxygen atoms in total. The molecule has 0 aromatic heterocycles. The van der Waals surface area contributed by atoms with Crippen LogP contribution in [0.1, 0.15) is 33.6 Å². The molecule has 0 bridgehead atoms. The van der Waals surface area contributed by atoms with Gasteiger partial charge in [-0.25, -0.2) is 0 Å². The van der Waals surface area contributed by atoms with Gasteiger partial charge in [-0.15, -0.1) is 0 Å². The van der Waals surface area contributed by atoms with Crippen molar-refractivity contribution in [1.82, 2.24) is 0 Å². The Morgan fingerprint density at radius 2 is 1.61 bits per heavy atom. The van der Waals surface area contributed by atoms with Crippen LogP contribution in [0.5, 0.6) is 0 Å². The maximum Gasteiger partial charge on any atom is 0.194 e. The molecule has 0 saturated heterocycles. The summed E-state index contributed by atoms with van der Waals surface area (Å²) in [7, 11) is 0. The molecule has 3 aliphatic carbocycles. The molecule has 0 N–H and O–H groups in total. The van der Waals surface area contributed by atoms with E-state index in [1.165, 1.54) is 0 Å². The van der Waals surface area contributed by atoms with Gasteiger partial charge in [-0.1, -0.05) is 36.4 Å². The number of carbonyl (C=O) groups is 2. The average molecular weight is 234 g/mol. The lowest BCUT2D eigenvalue weighted by molar-refractivity contribution is 0.0977. The molecule has 18 heavy (non-hydrogen) atoms. The van der Waals surface area contributed by atoms with Crippen LogP contribution in [0.2, 0.25) is 0 Å². The van der Waals surface area contributed by atoms with Crippen LogP contribution in [-0.2, 0) is 0 Å². The lowest BCUT2D eigenvalue weighted by atomic mass is 9.84. The second kappa shape index (κ2) is 3.16. The Labute approximate surface area is 104 Å². The molecule has 1 aromatic carbocycles. The number of rotatable bonds is 0. The average Bonchev–Trinajstić information content (AvgIpc) is 2.96. The van der Waals surface area contributed by atoms with Gasteiger partial charge in [0.25, 0.3) is 0 Å². The number of allylic oxidation sites excluding steroid dienone is 6. The molecule has 1 aromatic rings. The first-order valence-corrected chi connectivity index (χ1v) is 6.09. The smallest absolute Gasteiger partial charge is 0.194 e. The molecule has 4 rings (SSSR count). The zero-order chi connectivity index (χ0) is 12.3. The fourth-order valence-electron chi connectivity index (χ4n) is 3.06. The van der Waals surface area contributed by atoms with Gasteiger partial charge in [0.15, 0.2) is 11.6 Å². The summed E-state index contributed by atoms with van der Waals surface area (Å²) in [5.74, 6) is 0.0353. The van der Waals surface area contributed by atoms with Crippen LogP contribution < -0.4 is 0 Å². The molecular weight excluding hydrogens is 224 g/mol. The lowest BCUT2D eigenvalue weighted by Gasteiger charge is -2.16. The van der Waals surface area contributed by atoms with Crippen molar-refractivity contribution in [2.75, 3.05) is 0 Å². The van der Waals surface area contributed by atoms with Gasteiger partial charge in [0.1, 0.15) is 0 Å². The van der Waals surface area contributed by atoms with Crippen LogP contribution >= 0.6 is 0 Å². The van der Waals surface area contributed by atoms with E-state index in [1.54, 1.807) is 12.1 Å².